The third-order valence-electron chi connectivity index (χ3n) is 7.68. The van der Waals surface area contributed by atoms with Gasteiger partial charge in [0.1, 0.15) is 0 Å². The molecule has 0 saturated carbocycles. The molecular weight excluding hydrogens is 414 g/mol. The topological polar surface area (TPSA) is 9.72 Å². The molecule has 0 unspecified atom stereocenters. The lowest BCUT2D eigenvalue weighted by Gasteiger charge is -2.32. The van der Waals surface area contributed by atoms with Crippen molar-refractivity contribution < 1.29 is 0 Å². The van der Waals surface area contributed by atoms with Gasteiger partial charge in [-0.15, -0.1) is 0 Å². The Hall–Kier alpha value is -3.72. The van der Waals surface area contributed by atoms with E-state index >= 15 is 0 Å². The van der Waals surface area contributed by atoms with Crippen LogP contribution in [0.25, 0.3) is 22.3 Å². The lowest BCUT2D eigenvalue weighted by Crippen LogP contribution is -2.27. The normalized spacial score (nSPS) is 13.8. The number of fused-ring (bicyclic) bond motifs is 10. The van der Waals surface area contributed by atoms with Gasteiger partial charge in [0, 0.05) is 59.3 Å². The molecule has 0 aliphatic heterocycles. The molecule has 0 radical (unpaired) electrons. The average Bonchev–Trinajstić information content (AvgIpc) is 3.29. The maximum atomic E-state index is 2.42. The zero-order chi connectivity index (χ0) is 23.8. The first kappa shape index (κ1) is 20.9. The molecule has 0 aromatic heterocycles. The fourth-order valence-electron chi connectivity index (χ4n) is 5.98. The van der Waals surface area contributed by atoms with Crippen LogP contribution in [0.15, 0.2) is 78.9 Å². The number of rotatable bonds is 3. The van der Waals surface area contributed by atoms with E-state index in [1.165, 1.54) is 61.6 Å². The maximum Gasteiger partial charge on any atom is 0.0727 e. The number of anilines is 3. The van der Waals surface area contributed by atoms with Gasteiger partial charge in [-0.05, 0) is 80.9 Å². The molecule has 0 N–H and O–H groups in total. The van der Waals surface area contributed by atoms with Crippen LogP contribution < -0.4 is 14.7 Å². The van der Waals surface area contributed by atoms with Crippen LogP contribution in [0.1, 0.15) is 22.3 Å². The van der Waals surface area contributed by atoms with Crippen molar-refractivity contribution in [3.63, 3.8) is 0 Å². The highest BCUT2D eigenvalue weighted by atomic mass is 15.1. The lowest BCUT2D eigenvalue weighted by atomic mass is 9.70. The van der Waals surface area contributed by atoms with E-state index in [2.05, 4.69) is 136 Å². The minimum Gasteiger partial charge on any atom is -0.378 e. The smallest absolute Gasteiger partial charge is 0.0727 e. The van der Waals surface area contributed by atoms with Crippen LogP contribution in [0.3, 0.4) is 0 Å². The Bertz CT molecular complexity index is 1360. The van der Waals surface area contributed by atoms with Crippen molar-refractivity contribution in [1.29, 1.82) is 0 Å². The summed E-state index contributed by atoms with van der Waals surface area (Å²) in [4.78, 5) is 6.63. The van der Waals surface area contributed by atoms with Crippen molar-refractivity contribution in [3.05, 3.63) is 101 Å². The van der Waals surface area contributed by atoms with Crippen LogP contribution in [-0.2, 0) is 5.41 Å². The van der Waals surface area contributed by atoms with Crippen molar-refractivity contribution >= 4 is 17.1 Å². The Labute approximate surface area is 202 Å². The molecule has 0 amide bonds. The van der Waals surface area contributed by atoms with Gasteiger partial charge in [-0.1, -0.05) is 42.5 Å². The maximum absolute atomic E-state index is 2.42. The second-order valence-electron chi connectivity index (χ2n) is 10.2. The predicted octanol–water partition coefficient (Wildman–Crippen LogP) is 6.23. The van der Waals surface area contributed by atoms with Gasteiger partial charge in [-0.3, -0.25) is 0 Å². The molecule has 34 heavy (non-hydrogen) atoms. The van der Waals surface area contributed by atoms with E-state index in [1.807, 2.05) is 0 Å². The highest BCUT2D eigenvalue weighted by molar-refractivity contribution is 5.96. The minimum atomic E-state index is -0.333. The van der Waals surface area contributed by atoms with Crippen LogP contribution >= 0.6 is 0 Å². The van der Waals surface area contributed by atoms with E-state index in [9.17, 15) is 0 Å². The van der Waals surface area contributed by atoms with E-state index in [1.54, 1.807) is 0 Å². The first-order valence-corrected chi connectivity index (χ1v) is 11.9. The van der Waals surface area contributed by atoms with Crippen LogP contribution in [-0.4, -0.2) is 42.3 Å². The summed E-state index contributed by atoms with van der Waals surface area (Å²) < 4.78 is 0. The fraction of sp³-hybridized carbons (Fsp3) is 0.226. The predicted molar refractivity (Wildman–Crippen MR) is 146 cm³/mol. The van der Waals surface area contributed by atoms with E-state index in [-0.39, 0.29) is 5.41 Å². The van der Waals surface area contributed by atoms with Gasteiger partial charge < -0.3 is 14.7 Å². The van der Waals surface area contributed by atoms with Gasteiger partial charge in [0.15, 0.2) is 0 Å². The van der Waals surface area contributed by atoms with Crippen molar-refractivity contribution in [2.45, 2.75) is 5.41 Å². The van der Waals surface area contributed by atoms with Crippen LogP contribution in [0, 0.1) is 0 Å². The summed E-state index contributed by atoms with van der Waals surface area (Å²) in [6.45, 7) is 0. The van der Waals surface area contributed by atoms with Crippen molar-refractivity contribution in [3.8, 4) is 22.3 Å². The van der Waals surface area contributed by atoms with Gasteiger partial charge in [0.2, 0.25) is 0 Å². The Morgan fingerprint density at radius 3 is 1.15 bits per heavy atom. The first-order valence-electron chi connectivity index (χ1n) is 11.9. The molecule has 1 spiro atoms. The minimum absolute atomic E-state index is 0.333. The molecular formula is C31H31N3. The van der Waals surface area contributed by atoms with Crippen molar-refractivity contribution in [2.75, 3.05) is 57.0 Å². The Kier molecular flexibility index (Phi) is 4.38. The van der Waals surface area contributed by atoms with E-state index in [4.69, 9.17) is 0 Å². The second kappa shape index (κ2) is 7.14. The number of hydrogen-bond donors (Lipinski definition) is 0. The molecule has 0 fully saturated rings. The standard InChI is InChI=1S/C31H31N3/c1-32(2)20-11-14-24-23-9-7-8-10-27(23)31(28(24)17-20)29-18-21(33(3)4)12-15-25(29)26-16-13-22(34(5)6)19-30(26)31/h7-19H,1-6H3. The summed E-state index contributed by atoms with van der Waals surface area (Å²) in [5.41, 5.74) is 14.2. The molecule has 3 heteroatoms. The zero-order valence-electron chi connectivity index (χ0n) is 20.8. The van der Waals surface area contributed by atoms with E-state index < -0.39 is 0 Å². The molecule has 0 heterocycles. The average molecular weight is 446 g/mol. The van der Waals surface area contributed by atoms with Gasteiger partial charge in [0.05, 0.1) is 5.41 Å². The molecule has 2 aliphatic carbocycles. The zero-order valence-corrected chi connectivity index (χ0v) is 20.8. The Balaban J connectivity index is 1.80. The SMILES string of the molecule is CN(C)c1ccc2c(c1)C1(c3ccccc3-2)c2cc(N(C)C)ccc2-c2ccc(N(C)C)cc21. The molecule has 0 atom stereocenters. The molecule has 6 rings (SSSR count). The molecule has 4 aromatic carbocycles. The second-order valence-corrected chi connectivity index (χ2v) is 10.2. The lowest BCUT2D eigenvalue weighted by molar-refractivity contribution is 0.792. The van der Waals surface area contributed by atoms with Gasteiger partial charge in [-0.25, -0.2) is 0 Å². The Morgan fingerprint density at radius 1 is 0.412 bits per heavy atom. The summed E-state index contributed by atoms with van der Waals surface area (Å²) in [6, 6.07) is 30.0. The summed E-state index contributed by atoms with van der Waals surface area (Å²) in [7, 11) is 12.8. The van der Waals surface area contributed by atoms with E-state index in [0.29, 0.717) is 0 Å². The molecule has 3 nitrogen and oxygen atoms in total. The quantitative estimate of drug-likeness (QED) is 0.320. The van der Waals surface area contributed by atoms with Gasteiger partial charge in [-0.2, -0.15) is 0 Å². The van der Waals surface area contributed by atoms with Crippen molar-refractivity contribution in [2.24, 2.45) is 0 Å². The van der Waals surface area contributed by atoms with Crippen LogP contribution in [0.4, 0.5) is 17.1 Å². The Morgan fingerprint density at radius 2 is 0.765 bits per heavy atom. The highest BCUT2D eigenvalue weighted by Gasteiger charge is 2.52. The largest absolute Gasteiger partial charge is 0.378 e. The fourth-order valence-corrected chi connectivity index (χ4v) is 5.98. The number of hydrogen-bond acceptors (Lipinski definition) is 3. The molecule has 2 aliphatic rings. The van der Waals surface area contributed by atoms with Crippen molar-refractivity contribution in [1.82, 2.24) is 0 Å². The highest BCUT2D eigenvalue weighted by Crippen LogP contribution is 2.63. The molecule has 170 valence electrons. The van der Waals surface area contributed by atoms with Gasteiger partial charge >= 0.3 is 0 Å². The molecule has 0 bridgehead atoms. The summed E-state index contributed by atoms with van der Waals surface area (Å²) in [6.07, 6.45) is 0. The van der Waals surface area contributed by atoms with Crippen LogP contribution in [0.5, 0.6) is 0 Å². The molecule has 4 aromatic rings. The van der Waals surface area contributed by atoms with Crippen LogP contribution in [0.2, 0.25) is 0 Å². The summed E-state index contributed by atoms with van der Waals surface area (Å²) in [5.74, 6) is 0. The third-order valence-corrected chi connectivity index (χ3v) is 7.68. The number of nitrogens with zero attached hydrogens (tertiary/aromatic N) is 3. The van der Waals surface area contributed by atoms with Gasteiger partial charge in [0.25, 0.3) is 0 Å². The third kappa shape index (κ3) is 2.58. The first-order chi connectivity index (χ1) is 16.3. The summed E-state index contributed by atoms with van der Waals surface area (Å²) >= 11 is 0. The molecule has 0 saturated heterocycles. The number of benzene rings is 4. The van der Waals surface area contributed by atoms with E-state index in [0.717, 1.165) is 0 Å². The summed E-state index contributed by atoms with van der Waals surface area (Å²) in [5, 5.41) is 0. The monoisotopic (exact) mass is 445 g/mol.